The number of carbonyl (C=O) groups excluding carboxylic acids is 2. The summed E-state index contributed by atoms with van der Waals surface area (Å²) >= 11 is 0. The van der Waals surface area contributed by atoms with E-state index in [1.54, 1.807) is 0 Å². The third-order valence-electron chi connectivity index (χ3n) is 7.62. The molecule has 3 atom stereocenters. The largest absolute Gasteiger partial charge is 0.447 e. The SMILES string of the molecule is O=C1OC[C@H](C(c2ccccc2)c2ccccc2)N1C(=O)[C@@H](Cc1ccccc1)CP(=O)(O)CCc1ccccc1. The molecule has 0 aliphatic carbocycles. The summed E-state index contributed by atoms with van der Waals surface area (Å²) in [5, 5.41) is 0. The standard InChI is InChI=1S/C34H34NO5P/c36-33(30(23-27-15-7-2-8-16-27)25-41(38,39)22-21-26-13-5-1-6-14-26)35-31(24-40-34(35)37)32(28-17-9-3-10-18-28)29-19-11-4-12-20-29/h1-20,30-32H,21-25H2,(H,38,39)/t30-,31+/m0/s1. The number of nitrogens with zero attached hydrogens (tertiary/aromatic N) is 1. The van der Waals surface area contributed by atoms with Crippen LogP contribution in [0.5, 0.6) is 0 Å². The van der Waals surface area contributed by atoms with Gasteiger partial charge in [-0.2, -0.15) is 0 Å². The molecule has 0 spiro atoms. The minimum absolute atomic E-state index is 0.0435. The number of cyclic esters (lactones) is 1. The molecule has 1 heterocycles. The van der Waals surface area contributed by atoms with Gasteiger partial charge in [0.15, 0.2) is 0 Å². The van der Waals surface area contributed by atoms with Crippen molar-refractivity contribution in [2.45, 2.75) is 24.8 Å². The van der Waals surface area contributed by atoms with Crippen LogP contribution in [-0.4, -0.2) is 46.8 Å². The lowest BCUT2D eigenvalue weighted by atomic mass is 9.84. The van der Waals surface area contributed by atoms with Crippen molar-refractivity contribution in [3.8, 4) is 0 Å². The molecule has 5 rings (SSSR count). The van der Waals surface area contributed by atoms with Crippen molar-refractivity contribution >= 4 is 19.4 Å². The van der Waals surface area contributed by atoms with Crippen LogP contribution in [0, 0.1) is 5.92 Å². The van der Waals surface area contributed by atoms with Crippen LogP contribution in [0.2, 0.25) is 0 Å². The molecular formula is C34H34NO5P. The first-order valence-electron chi connectivity index (χ1n) is 13.9. The van der Waals surface area contributed by atoms with Crippen molar-refractivity contribution in [1.82, 2.24) is 4.90 Å². The summed E-state index contributed by atoms with van der Waals surface area (Å²) in [5.74, 6) is -1.67. The molecule has 41 heavy (non-hydrogen) atoms. The number of rotatable bonds is 11. The van der Waals surface area contributed by atoms with Gasteiger partial charge in [0.05, 0.1) is 12.0 Å². The van der Waals surface area contributed by atoms with Gasteiger partial charge in [-0.05, 0) is 35.1 Å². The van der Waals surface area contributed by atoms with E-state index in [-0.39, 0.29) is 31.3 Å². The number of hydrogen-bond acceptors (Lipinski definition) is 4. The van der Waals surface area contributed by atoms with Gasteiger partial charge < -0.3 is 9.63 Å². The maximum atomic E-state index is 14.3. The average Bonchev–Trinajstić information content (AvgIpc) is 3.38. The Hall–Kier alpha value is -3.99. The quantitative estimate of drug-likeness (QED) is 0.208. The van der Waals surface area contributed by atoms with Gasteiger partial charge in [-0.25, -0.2) is 9.69 Å². The van der Waals surface area contributed by atoms with Crippen LogP contribution in [0.1, 0.15) is 28.2 Å². The Morgan fingerprint density at radius 3 is 1.83 bits per heavy atom. The third kappa shape index (κ3) is 7.21. The van der Waals surface area contributed by atoms with Crippen LogP contribution >= 0.6 is 7.37 Å². The van der Waals surface area contributed by atoms with E-state index in [1.165, 1.54) is 4.90 Å². The molecule has 1 aliphatic rings. The fourth-order valence-electron chi connectivity index (χ4n) is 5.60. The predicted octanol–water partition coefficient (Wildman–Crippen LogP) is 6.54. The van der Waals surface area contributed by atoms with Gasteiger partial charge in [0.1, 0.15) is 6.61 Å². The molecule has 4 aromatic carbocycles. The first-order valence-corrected chi connectivity index (χ1v) is 15.9. The van der Waals surface area contributed by atoms with Crippen molar-refractivity contribution < 1.29 is 23.8 Å². The summed E-state index contributed by atoms with van der Waals surface area (Å²) in [7, 11) is -3.72. The van der Waals surface area contributed by atoms with Gasteiger partial charge in [0, 0.05) is 18.2 Å². The lowest BCUT2D eigenvalue weighted by Crippen LogP contribution is -2.46. The summed E-state index contributed by atoms with van der Waals surface area (Å²) in [4.78, 5) is 39.7. The van der Waals surface area contributed by atoms with Crippen LogP contribution in [0.25, 0.3) is 0 Å². The zero-order valence-electron chi connectivity index (χ0n) is 22.8. The highest BCUT2D eigenvalue weighted by Crippen LogP contribution is 2.45. The van der Waals surface area contributed by atoms with Crippen LogP contribution in [-0.2, 0) is 26.9 Å². The van der Waals surface area contributed by atoms with Crippen LogP contribution in [0.15, 0.2) is 121 Å². The molecule has 1 saturated heterocycles. The van der Waals surface area contributed by atoms with Crippen LogP contribution in [0.4, 0.5) is 4.79 Å². The molecule has 4 aromatic rings. The van der Waals surface area contributed by atoms with Crippen molar-refractivity contribution in [2.75, 3.05) is 18.9 Å². The average molecular weight is 568 g/mol. The van der Waals surface area contributed by atoms with E-state index in [4.69, 9.17) is 4.74 Å². The highest BCUT2D eigenvalue weighted by atomic mass is 31.2. The zero-order valence-corrected chi connectivity index (χ0v) is 23.7. The second kappa shape index (κ2) is 13.1. The molecule has 210 valence electrons. The molecule has 0 aromatic heterocycles. The van der Waals surface area contributed by atoms with Crippen molar-refractivity contribution in [2.24, 2.45) is 5.92 Å². The van der Waals surface area contributed by atoms with Crippen molar-refractivity contribution in [3.05, 3.63) is 144 Å². The molecule has 0 bridgehead atoms. The number of amides is 2. The number of aryl methyl sites for hydroxylation is 1. The highest BCUT2D eigenvalue weighted by molar-refractivity contribution is 7.58. The summed E-state index contributed by atoms with van der Waals surface area (Å²) in [5.41, 5.74) is 3.73. The monoisotopic (exact) mass is 567 g/mol. The summed E-state index contributed by atoms with van der Waals surface area (Å²) in [6.07, 6.45) is -0.204. The third-order valence-corrected chi connectivity index (χ3v) is 9.55. The molecule has 1 unspecified atom stereocenters. The normalized spacial score (nSPS) is 17.2. The summed E-state index contributed by atoms with van der Waals surface area (Å²) in [6.45, 7) is 0.0435. The Morgan fingerprint density at radius 1 is 0.805 bits per heavy atom. The van der Waals surface area contributed by atoms with Gasteiger partial charge >= 0.3 is 6.09 Å². The van der Waals surface area contributed by atoms with Gasteiger partial charge in [-0.15, -0.1) is 0 Å². The summed E-state index contributed by atoms with van der Waals surface area (Å²) < 4.78 is 19.0. The van der Waals surface area contributed by atoms with Crippen molar-refractivity contribution in [1.29, 1.82) is 0 Å². The van der Waals surface area contributed by atoms with Gasteiger partial charge in [-0.1, -0.05) is 121 Å². The van der Waals surface area contributed by atoms with E-state index in [0.717, 1.165) is 22.3 Å². The van der Waals surface area contributed by atoms with E-state index in [1.807, 2.05) is 121 Å². The number of imide groups is 1. The topological polar surface area (TPSA) is 83.9 Å². The van der Waals surface area contributed by atoms with Gasteiger partial charge in [-0.3, -0.25) is 9.36 Å². The molecule has 1 aliphatic heterocycles. The first kappa shape index (κ1) is 28.5. The van der Waals surface area contributed by atoms with Crippen LogP contribution < -0.4 is 0 Å². The smallest absolute Gasteiger partial charge is 0.417 e. The fraction of sp³-hybridized carbons (Fsp3) is 0.235. The molecule has 0 saturated carbocycles. The first-order chi connectivity index (χ1) is 19.9. The zero-order chi connectivity index (χ0) is 28.7. The molecule has 7 heteroatoms. The van der Waals surface area contributed by atoms with E-state index in [9.17, 15) is 19.0 Å². The van der Waals surface area contributed by atoms with Gasteiger partial charge in [0.2, 0.25) is 13.3 Å². The van der Waals surface area contributed by atoms with Gasteiger partial charge in [0.25, 0.3) is 0 Å². The Labute approximate surface area is 241 Å². The lowest BCUT2D eigenvalue weighted by molar-refractivity contribution is -0.133. The maximum Gasteiger partial charge on any atom is 0.417 e. The molecule has 2 amide bonds. The molecular weight excluding hydrogens is 533 g/mol. The molecule has 0 radical (unpaired) electrons. The van der Waals surface area contributed by atoms with E-state index < -0.39 is 31.3 Å². The second-order valence-corrected chi connectivity index (χ2v) is 13.0. The maximum absolute atomic E-state index is 14.3. The highest BCUT2D eigenvalue weighted by Gasteiger charge is 2.46. The molecule has 1 fully saturated rings. The van der Waals surface area contributed by atoms with Crippen LogP contribution in [0.3, 0.4) is 0 Å². The Bertz CT molecular complexity index is 1440. The number of benzene rings is 4. The minimum Gasteiger partial charge on any atom is -0.447 e. The minimum atomic E-state index is -3.72. The predicted molar refractivity (Wildman–Crippen MR) is 160 cm³/mol. The Kier molecular flexibility index (Phi) is 9.13. The Balaban J connectivity index is 1.45. The van der Waals surface area contributed by atoms with Crippen molar-refractivity contribution in [3.63, 3.8) is 0 Å². The van der Waals surface area contributed by atoms with E-state index in [2.05, 4.69) is 0 Å². The Morgan fingerprint density at radius 2 is 1.29 bits per heavy atom. The fourth-order valence-corrected chi connectivity index (χ4v) is 7.37. The number of ether oxygens (including phenoxy) is 1. The van der Waals surface area contributed by atoms with E-state index in [0.29, 0.717) is 6.42 Å². The lowest BCUT2D eigenvalue weighted by Gasteiger charge is -2.31. The molecule has 1 N–H and O–H groups in total. The molecule has 6 nitrogen and oxygen atoms in total. The summed E-state index contributed by atoms with van der Waals surface area (Å²) in [6, 6.07) is 37.9. The number of hydrogen-bond donors (Lipinski definition) is 1. The second-order valence-electron chi connectivity index (χ2n) is 10.5. The number of carbonyl (C=O) groups is 2. The van der Waals surface area contributed by atoms with E-state index >= 15 is 0 Å².